The minimum Gasteiger partial charge on any atom is -0.462 e. The molecule has 6 nitrogen and oxygen atoms in total. The van der Waals surface area contributed by atoms with Crippen LogP contribution in [-0.2, 0) is 28.6 Å². The van der Waals surface area contributed by atoms with Gasteiger partial charge >= 0.3 is 17.9 Å². The third-order valence-corrected chi connectivity index (χ3v) is 10.5. The summed E-state index contributed by atoms with van der Waals surface area (Å²) in [5, 5.41) is 0. The highest BCUT2D eigenvalue weighted by Crippen LogP contribution is 2.14. The van der Waals surface area contributed by atoms with E-state index in [9.17, 15) is 14.4 Å². The number of esters is 3. The molecule has 0 aromatic heterocycles. The predicted molar refractivity (Wildman–Crippen MR) is 251 cm³/mol. The van der Waals surface area contributed by atoms with E-state index in [1.54, 1.807) is 0 Å². The Kier molecular flexibility index (Phi) is 45.4. The van der Waals surface area contributed by atoms with Crippen LogP contribution in [-0.4, -0.2) is 37.2 Å². The molecule has 0 aromatic carbocycles. The van der Waals surface area contributed by atoms with E-state index in [1.807, 2.05) is 0 Å². The summed E-state index contributed by atoms with van der Waals surface area (Å²) < 4.78 is 16.7. The van der Waals surface area contributed by atoms with E-state index in [-0.39, 0.29) is 31.1 Å². The second-order valence-electron chi connectivity index (χ2n) is 16.4. The number of allylic oxidation sites excluding steroid dienone is 10. The highest BCUT2D eigenvalue weighted by atomic mass is 16.6. The van der Waals surface area contributed by atoms with Crippen molar-refractivity contribution in [2.75, 3.05) is 13.2 Å². The Balaban J connectivity index is 4.33. The molecule has 1 atom stereocenters. The number of ether oxygens (including phenoxy) is 3. The van der Waals surface area contributed by atoms with Gasteiger partial charge in [-0.25, -0.2) is 0 Å². The van der Waals surface area contributed by atoms with Gasteiger partial charge in [0, 0.05) is 19.3 Å². The quantitative estimate of drug-likeness (QED) is 0.0200. The summed E-state index contributed by atoms with van der Waals surface area (Å²) in [6, 6.07) is 0. The van der Waals surface area contributed by atoms with E-state index < -0.39 is 6.10 Å². The Labute approximate surface area is 364 Å². The average Bonchev–Trinajstić information content (AvgIpc) is 3.23. The van der Waals surface area contributed by atoms with Crippen molar-refractivity contribution in [3.8, 4) is 0 Å². The second-order valence-corrected chi connectivity index (χ2v) is 16.4. The molecule has 0 fully saturated rings. The van der Waals surface area contributed by atoms with E-state index >= 15 is 0 Å². The number of carbonyl (C=O) groups excluding carboxylic acids is 3. The van der Waals surface area contributed by atoms with Crippen molar-refractivity contribution >= 4 is 17.9 Å². The third kappa shape index (κ3) is 46.0. The maximum atomic E-state index is 12.7. The van der Waals surface area contributed by atoms with Gasteiger partial charge in [0.05, 0.1) is 0 Å². The Hall–Kier alpha value is -2.89. The Morgan fingerprint density at radius 2 is 0.712 bits per heavy atom. The molecule has 59 heavy (non-hydrogen) atoms. The number of carbonyl (C=O) groups is 3. The van der Waals surface area contributed by atoms with Crippen molar-refractivity contribution in [1.82, 2.24) is 0 Å². The van der Waals surface area contributed by atoms with Gasteiger partial charge in [0.15, 0.2) is 6.10 Å². The van der Waals surface area contributed by atoms with Crippen molar-refractivity contribution in [1.29, 1.82) is 0 Å². The van der Waals surface area contributed by atoms with Gasteiger partial charge in [0.25, 0.3) is 0 Å². The van der Waals surface area contributed by atoms with E-state index in [0.717, 1.165) is 83.5 Å². The van der Waals surface area contributed by atoms with Crippen molar-refractivity contribution in [3.63, 3.8) is 0 Å². The van der Waals surface area contributed by atoms with Crippen LogP contribution in [0.3, 0.4) is 0 Å². The second kappa shape index (κ2) is 47.8. The predicted octanol–water partition coefficient (Wildman–Crippen LogP) is 16.1. The molecule has 0 saturated carbocycles. The first kappa shape index (κ1) is 56.1. The molecular formula is C53H92O6. The van der Waals surface area contributed by atoms with Crippen LogP contribution in [0.4, 0.5) is 0 Å². The number of hydrogen-bond donors (Lipinski definition) is 0. The maximum Gasteiger partial charge on any atom is 0.306 e. The van der Waals surface area contributed by atoms with Gasteiger partial charge in [-0.05, 0) is 96.3 Å². The molecule has 1 unspecified atom stereocenters. The molecule has 0 rings (SSSR count). The summed E-state index contributed by atoms with van der Waals surface area (Å²) >= 11 is 0. The number of rotatable bonds is 44. The molecule has 0 aliphatic heterocycles. The third-order valence-electron chi connectivity index (χ3n) is 10.5. The zero-order valence-electron chi connectivity index (χ0n) is 38.8. The molecule has 6 heteroatoms. The molecule has 0 aromatic rings. The molecule has 0 saturated heterocycles. The summed E-state index contributed by atoms with van der Waals surface area (Å²) in [5.74, 6) is -0.950. The zero-order valence-corrected chi connectivity index (χ0v) is 38.8. The summed E-state index contributed by atoms with van der Waals surface area (Å²) in [6.07, 6.45) is 57.9. The van der Waals surface area contributed by atoms with Crippen LogP contribution in [0.15, 0.2) is 60.8 Å². The van der Waals surface area contributed by atoms with Gasteiger partial charge in [-0.3, -0.25) is 14.4 Å². The molecule has 0 heterocycles. The number of hydrogen-bond acceptors (Lipinski definition) is 6. The van der Waals surface area contributed by atoms with Gasteiger partial charge in [-0.1, -0.05) is 184 Å². The van der Waals surface area contributed by atoms with Crippen LogP contribution < -0.4 is 0 Å². The lowest BCUT2D eigenvalue weighted by atomic mass is 10.1. The average molecular weight is 825 g/mol. The largest absolute Gasteiger partial charge is 0.462 e. The summed E-state index contributed by atoms with van der Waals surface area (Å²) in [6.45, 7) is 6.43. The normalized spacial score (nSPS) is 12.5. The molecule has 0 spiro atoms. The molecule has 340 valence electrons. The summed E-state index contributed by atoms with van der Waals surface area (Å²) in [5.41, 5.74) is 0. The number of unbranched alkanes of at least 4 members (excludes halogenated alkanes) is 24. The Bertz CT molecular complexity index is 1090. The first-order chi connectivity index (χ1) is 29.0. The van der Waals surface area contributed by atoms with Gasteiger partial charge in [-0.15, -0.1) is 0 Å². The topological polar surface area (TPSA) is 78.9 Å². The standard InChI is InChI=1S/C53H92O6/c1-4-7-10-13-16-19-21-23-24-25-26-27-28-30-31-34-37-40-43-46-52(55)58-49-50(48-57-51(54)45-42-39-36-33-18-15-12-9-6-3)59-53(56)47-44-41-38-35-32-29-22-20-17-14-11-8-5-2/h9,12,16,18-19,21,23,29,32-33,50H,4-8,10-11,13-15,17,20,22,24-28,30-31,34-49H2,1-3H3/b12-9-,19-16-,23-21-,32-29-,33-18-. The van der Waals surface area contributed by atoms with Crippen molar-refractivity contribution < 1.29 is 28.6 Å². The lowest BCUT2D eigenvalue weighted by Crippen LogP contribution is -2.30. The van der Waals surface area contributed by atoms with E-state index in [1.165, 1.54) is 116 Å². The smallest absolute Gasteiger partial charge is 0.306 e. The van der Waals surface area contributed by atoms with Crippen LogP contribution >= 0.6 is 0 Å². The monoisotopic (exact) mass is 825 g/mol. The SMILES string of the molecule is CC/C=C\C/C=C\CCCCC(=O)OCC(COC(=O)CCCCCCCCCCCC/C=C\C=C/CCCCC)OC(=O)CCCCC/C=C\CCCCCCCC. The highest BCUT2D eigenvalue weighted by Gasteiger charge is 2.19. The van der Waals surface area contributed by atoms with E-state index in [0.29, 0.717) is 19.3 Å². The Morgan fingerprint density at radius 3 is 1.22 bits per heavy atom. The van der Waals surface area contributed by atoms with Crippen molar-refractivity contribution in [3.05, 3.63) is 60.8 Å². The van der Waals surface area contributed by atoms with Crippen molar-refractivity contribution in [2.24, 2.45) is 0 Å². The van der Waals surface area contributed by atoms with Gasteiger partial charge in [-0.2, -0.15) is 0 Å². The van der Waals surface area contributed by atoms with E-state index in [2.05, 4.69) is 81.5 Å². The zero-order chi connectivity index (χ0) is 43.0. The molecule has 0 aliphatic carbocycles. The minimum absolute atomic E-state index is 0.0923. The van der Waals surface area contributed by atoms with Gasteiger partial charge in [0.1, 0.15) is 13.2 Å². The first-order valence-electron chi connectivity index (χ1n) is 24.8. The van der Waals surface area contributed by atoms with Gasteiger partial charge < -0.3 is 14.2 Å². The van der Waals surface area contributed by atoms with Crippen LogP contribution in [0.25, 0.3) is 0 Å². The fraction of sp³-hybridized carbons (Fsp3) is 0.755. The fourth-order valence-electron chi connectivity index (χ4n) is 6.76. The summed E-state index contributed by atoms with van der Waals surface area (Å²) in [7, 11) is 0. The van der Waals surface area contributed by atoms with Crippen LogP contribution in [0.2, 0.25) is 0 Å². The molecular weight excluding hydrogens is 733 g/mol. The van der Waals surface area contributed by atoms with Crippen LogP contribution in [0.1, 0.15) is 239 Å². The molecule has 0 N–H and O–H groups in total. The lowest BCUT2D eigenvalue weighted by molar-refractivity contribution is -0.167. The first-order valence-corrected chi connectivity index (χ1v) is 24.8. The van der Waals surface area contributed by atoms with Gasteiger partial charge in [0.2, 0.25) is 0 Å². The van der Waals surface area contributed by atoms with E-state index in [4.69, 9.17) is 14.2 Å². The minimum atomic E-state index is -0.793. The fourth-order valence-corrected chi connectivity index (χ4v) is 6.76. The Morgan fingerprint density at radius 1 is 0.373 bits per heavy atom. The highest BCUT2D eigenvalue weighted by molar-refractivity contribution is 5.71. The summed E-state index contributed by atoms with van der Waals surface area (Å²) in [4.78, 5) is 37.8. The van der Waals surface area contributed by atoms with Crippen molar-refractivity contribution in [2.45, 2.75) is 245 Å². The lowest BCUT2D eigenvalue weighted by Gasteiger charge is -2.18. The molecule has 0 radical (unpaired) electrons. The molecule has 0 aliphatic rings. The van der Waals surface area contributed by atoms with Crippen LogP contribution in [0.5, 0.6) is 0 Å². The molecule has 0 amide bonds. The maximum absolute atomic E-state index is 12.7. The molecule has 0 bridgehead atoms. The van der Waals surface area contributed by atoms with Crippen LogP contribution in [0, 0.1) is 0 Å².